The zero-order chi connectivity index (χ0) is 11.5. The lowest BCUT2D eigenvalue weighted by Crippen LogP contribution is -2.13. The van der Waals surface area contributed by atoms with E-state index in [1.807, 2.05) is 24.4 Å². The monoisotopic (exact) mass is 273 g/mol. The molecule has 86 valence electrons. The van der Waals surface area contributed by atoms with Crippen LogP contribution in [0.25, 0.3) is 0 Å². The van der Waals surface area contributed by atoms with Crippen LogP contribution in [0.15, 0.2) is 17.5 Å². The third-order valence-electron chi connectivity index (χ3n) is 2.18. The van der Waals surface area contributed by atoms with Gasteiger partial charge in [0, 0.05) is 23.1 Å². The summed E-state index contributed by atoms with van der Waals surface area (Å²) in [6.45, 7) is 1.97. The minimum absolute atomic E-state index is 0.379. The van der Waals surface area contributed by atoms with Crippen molar-refractivity contribution in [2.75, 3.05) is 0 Å². The van der Waals surface area contributed by atoms with Crippen molar-refractivity contribution in [3.8, 4) is 0 Å². The molecule has 1 N–H and O–H groups in total. The molecule has 2 aromatic rings. The normalized spacial score (nSPS) is 12.9. The van der Waals surface area contributed by atoms with Crippen molar-refractivity contribution in [1.82, 2.24) is 4.98 Å². The van der Waals surface area contributed by atoms with Crippen molar-refractivity contribution < 1.29 is 5.11 Å². The Labute approximate surface area is 108 Å². The van der Waals surface area contributed by atoms with Crippen molar-refractivity contribution >= 4 is 34.3 Å². The third-order valence-corrected chi connectivity index (χ3v) is 4.25. The topological polar surface area (TPSA) is 33.1 Å². The zero-order valence-corrected chi connectivity index (χ0v) is 11.2. The molecular weight excluding hydrogens is 262 g/mol. The van der Waals surface area contributed by atoms with Crippen molar-refractivity contribution in [2.45, 2.75) is 25.9 Å². The molecule has 2 rings (SSSR count). The number of aryl methyl sites for hydroxylation is 1. The van der Waals surface area contributed by atoms with Crippen molar-refractivity contribution in [2.24, 2.45) is 0 Å². The van der Waals surface area contributed by atoms with Crippen LogP contribution in [-0.2, 0) is 12.8 Å². The van der Waals surface area contributed by atoms with Crippen molar-refractivity contribution in [3.63, 3.8) is 0 Å². The summed E-state index contributed by atoms with van der Waals surface area (Å²) in [6.07, 6.45) is 0.879. The number of halogens is 1. The highest BCUT2D eigenvalue weighted by molar-refractivity contribution is 7.16. The van der Waals surface area contributed by atoms with Gasteiger partial charge in [0.1, 0.15) is 0 Å². The second-order valence-electron chi connectivity index (χ2n) is 3.63. The van der Waals surface area contributed by atoms with E-state index in [2.05, 4.69) is 4.98 Å². The Morgan fingerprint density at radius 1 is 1.44 bits per heavy atom. The summed E-state index contributed by atoms with van der Waals surface area (Å²) in [4.78, 5) is 5.45. The number of aliphatic hydroxyl groups excluding tert-OH is 1. The standard InChI is InChI=1S/C11H12ClNOS2/c1-7-13-8(6-15-7)4-9(14)5-10-2-3-11(12)16-10/h2-3,6,9,14H,4-5H2,1H3. The maximum atomic E-state index is 9.90. The van der Waals surface area contributed by atoms with E-state index in [1.54, 1.807) is 11.3 Å². The molecule has 0 fully saturated rings. The average Bonchev–Trinajstić information content (AvgIpc) is 2.76. The van der Waals surface area contributed by atoms with Gasteiger partial charge in [-0.3, -0.25) is 0 Å². The van der Waals surface area contributed by atoms with Gasteiger partial charge in [0.25, 0.3) is 0 Å². The Hall–Kier alpha value is -0.420. The fraction of sp³-hybridized carbons (Fsp3) is 0.364. The maximum absolute atomic E-state index is 9.90. The summed E-state index contributed by atoms with van der Waals surface area (Å²) in [7, 11) is 0. The van der Waals surface area contributed by atoms with Gasteiger partial charge in [-0.15, -0.1) is 22.7 Å². The molecule has 5 heteroatoms. The predicted molar refractivity (Wildman–Crippen MR) is 69.6 cm³/mol. The highest BCUT2D eigenvalue weighted by Gasteiger charge is 2.10. The lowest BCUT2D eigenvalue weighted by molar-refractivity contribution is 0.175. The molecule has 0 saturated carbocycles. The van der Waals surface area contributed by atoms with Gasteiger partial charge in [-0.2, -0.15) is 0 Å². The summed E-state index contributed by atoms with van der Waals surface area (Å²) >= 11 is 8.97. The highest BCUT2D eigenvalue weighted by Crippen LogP contribution is 2.23. The van der Waals surface area contributed by atoms with Gasteiger partial charge in [0.2, 0.25) is 0 Å². The summed E-state index contributed by atoms with van der Waals surface area (Å²) in [5, 5.41) is 12.9. The predicted octanol–water partition coefficient (Wildman–Crippen LogP) is 3.31. The Balaban J connectivity index is 1.91. The molecule has 1 atom stereocenters. The molecule has 0 aliphatic rings. The Kier molecular flexibility index (Phi) is 3.97. The van der Waals surface area contributed by atoms with Crippen LogP contribution in [0.2, 0.25) is 4.34 Å². The Morgan fingerprint density at radius 3 is 2.81 bits per heavy atom. The number of hydrogen-bond donors (Lipinski definition) is 1. The fourth-order valence-electron chi connectivity index (χ4n) is 1.51. The average molecular weight is 274 g/mol. The van der Waals surface area contributed by atoms with Crippen LogP contribution >= 0.6 is 34.3 Å². The first-order valence-electron chi connectivity index (χ1n) is 4.97. The van der Waals surface area contributed by atoms with Gasteiger partial charge in [-0.25, -0.2) is 4.98 Å². The van der Waals surface area contributed by atoms with Gasteiger partial charge >= 0.3 is 0 Å². The number of nitrogens with zero attached hydrogens (tertiary/aromatic N) is 1. The third kappa shape index (κ3) is 3.28. The molecule has 0 aliphatic carbocycles. The largest absolute Gasteiger partial charge is 0.392 e. The quantitative estimate of drug-likeness (QED) is 0.927. The molecule has 0 aliphatic heterocycles. The molecule has 16 heavy (non-hydrogen) atoms. The Bertz CT molecular complexity index is 424. The molecule has 0 amide bonds. The Morgan fingerprint density at radius 2 is 2.25 bits per heavy atom. The van der Waals surface area contributed by atoms with E-state index >= 15 is 0 Å². The van der Waals surface area contributed by atoms with Gasteiger partial charge in [0.05, 0.1) is 21.1 Å². The molecule has 0 radical (unpaired) electrons. The zero-order valence-electron chi connectivity index (χ0n) is 8.81. The lowest BCUT2D eigenvalue weighted by Gasteiger charge is -2.06. The number of aromatic nitrogens is 1. The van der Waals surface area contributed by atoms with Gasteiger partial charge < -0.3 is 5.11 Å². The van der Waals surface area contributed by atoms with E-state index in [4.69, 9.17) is 11.6 Å². The van der Waals surface area contributed by atoms with Crippen molar-refractivity contribution in [3.05, 3.63) is 37.4 Å². The van der Waals surface area contributed by atoms with Crippen LogP contribution in [0.5, 0.6) is 0 Å². The number of thiazole rings is 1. The molecule has 1 unspecified atom stereocenters. The van der Waals surface area contributed by atoms with Crippen LogP contribution in [0.3, 0.4) is 0 Å². The van der Waals surface area contributed by atoms with E-state index in [1.165, 1.54) is 11.3 Å². The number of hydrogen-bond acceptors (Lipinski definition) is 4. The molecule has 0 saturated heterocycles. The van der Waals surface area contributed by atoms with Gasteiger partial charge in [-0.1, -0.05) is 11.6 Å². The number of aliphatic hydroxyl groups is 1. The van der Waals surface area contributed by atoms with E-state index in [0.29, 0.717) is 12.8 Å². The van der Waals surface area contributed by atoms with Gasteiger partial charge in [-0.05, 0) is 19.1 Å². The smallest absolute Gasteiger partial charge is 0.0931 e. The van der Waals surface area contributed by atoms with E-state index in [-0.39, 0.29) is 6.10 Å². The minimum atomic E-state index is -0.379. The van der Waals surface area contributed by atoms with Crippen LogP contribution < -0.4 is 0 Å². The minimum Gasteiger partial charge on any atom is -0.392 e. The second kappa shape index (κ2) is 5.27. The second-order valence-corrected chi connectivity index (χ2v) is 6.49. The summed E-state index contributed by atoms with van der Waals surface area (Å²) < 4.78 is 0.770. The lowest BCUT2D eigenvalue weighted by atomic mass is 10.1. The molecule has 2 nitrogen and oxygen atoms in total. The molecular formula is C11H12ClNOS2. The highest BCUT2D eigenvalue weighted by atomic mass is 35.5. The van der Waals surface area contributed by atoms with E-state index < -0.39 is 0 Å². The van der Waals surface area contributed by atoms with Gasteiger partial charge in [0.15, 0.2) is 0 Å². The summed E-state index contributed by atoms with van der Waals surface area (Å²) in [5.74, 6) is 0. The maximum Gasteiger partial charge on any atom is 0.0931 e. The first kappa shape index (κ1) is 12.0. The SMILES string of the molecule is Cc1nc(CC(O)Cc2ccc(Cl)s2)cs1. The first-order valence-corrected chi connectivity index (χ1v) is 7.04. The fourth-order valence-corrected chi connectivity index (χ4v) is 3.29. The number of thiophene rings is 1. The van der Waals surface area contributed by atoms with E-state index in [9.17, 15) is 5.11 Å². The molecule has 0 bridgehead atoms. The van der Waals surface area contributed by atoms with Crippen molar-refractivity contribution in [1.29, 1.82) is 0 Å². The summed E-state index contributed by atoms with van der Waals surface area (Å²) in [5.41, 5.74) is 0.970. The first-order chi connectivity index (χ1) is 7.63. The van der Waals surface area contributed by atoms with Crippen LogP contribution in [0, 0.1) is 6.92 Å². The van der Waals surface area contributed by atoms with Crippen LogP contribution in [-0.4, -0.2) is 16.2 Å². The molecule has 2 aromatic heterocycles. The van der Waals surface area contributed by atoms with Crippen LogP contribution in [0.4, 0.5) is 0 Å². The molecule has 2 heterocycles. The summed E-state index contributed by atoms with van der Waals surface area (Å²) in [6, 6.07) is 3.82. The van der Waals surface area contributed by atoms with E-state index in [0.717, 1.165) is 19.9 Å². The van der Waals surface area contributed by atoms with Crippen LogP contribution in [0.1, 0.15) is 15.6 Å². The number of rotatable bonds is 4. The molecule has 0 spiro atoms. The molecule has 0 aromatic carbocycles.